The van der Waals surface area contributed by atoms with Gasteiger partial charge in [0.15, 0.2) is 0 Å². The number of carbonyl (C=O) groups is 1. The van der Waals surface area contributed by atoms with Gasteiger partial charge in [-0.05, 0) is 25.7 Å². The summed E-state index contributed by atoms with van der Waals surface area (Å²) in [6.07, 6.45) is 4.63. The van der Waals surface area contributed by atoms with Gasteiger partial charge in [-0.3, -0.25) is 4.79 Å². The molecule has 5 heteroatoms. The van der Waals surface area contributed by atoms with Crippen LogP contribution in [0.2, 0.25) is 0 Å². The molecular formula is C11H20N2O3. The average molecular weight is 228 g/mol. The van der Waals surface area contributed by atoms with E-state index in [-0.39, 0.29) is 18.1 Å². The molecule has 0 bridgehead atoms. The van der Waals surface area contributed by atoms with Crippen molar-refractivity contribution in [3.05, 3.63) is 0 Å². The van der Waals surface area contributed by atoms with Crippen LogP contribution in [0.5, 0.6) is 0 Å². The second-order valence-corrected chi connectivity index (χ2v) is 4.57. The molecule has 3 N–H and O–H groups in total. The van der Waals surface area contributed by atoms with E-state index in [1.807, 2.05) is 0 Å². The SMILES string of the molecule is NC(=O)C(COCC1CCCO1)NC1CC1. The Bertz CT molecular complexity index is 237. The van der Waals surface area contributed by atoms with Gasteiger partial charge in [0.1, 0.15) is 6.04 Å². The van der Waals surface area contributed by atoms with Crippen LogP contribution >= 0.6 is 0 Å². The second-order valence-electron chi connectivity index (χ2n) is 4.57. The molecule has 2 rings (SSSR count). The number of hydrogen-bond acceptors (Lipinski definition) is 4. The lowest BCUT2D eigenvalue weighted by Crippen LogP contribution is -2.46. The molecule has 0 radical (unpaired) electrons. The van der Waals surface area contributed by atoms with Gasteiger partial charge in [0.25, 0.3) is 0 Å². The number of ether oxygens (including phenoxy) is 2. The Balaban J connectivity index is 1.62. The van der Waals surface area contributed by atoms with Gasteiger partial charge in [0.05, 0.1) is 19.3 Å². The fraction of sp³-hybridized carbons (Fsp3) is 0.909. The summed E-state index contributed by atoms with van der Waals surface area (Å²) in [5, 5.41) is 3.18. The Morgan fingerprint density at radius 2 is 2.31 bits per heavy atom. The highest BCUT2D eigenvalue weighted by Gasteiger charge is 2.27. The summed E-state index contributed by atoms with van der Waals surface area (Å²) < 4.78 is 10.9. The van der Waals surface area contributed by atoms with Crippen LogP contribution < -0.4 is 11.1 Å². The first-order valence-corrected chi connectivity index (χ1v) is 6.00. The lowest BCUT2D eigenvalue weighted by atomic mass is 10.2. The number of carbonyl (C=O) groups excluding carboxylic acids is 1. The molecule has 1 aliphatic heterocycles. The molecule has 2 unspecified atom stereocenters. The first-order valence-electron chi connectivity index (χ1n) is 6.00. The first-order chi connectivity index (χ1) is 7.75. The molecule has 2 atom stereocenters. The maximum atomic E-state index is 11.1. The Morgan fingerprint density at radius 3 is 2.88 bits per heavy atom. The average Bonchev–Trinajstić information content (AvgIpc) is 2.91. The molecule has 2 aliphatic rings. The van der Waals surface area contributed by atoms with Crippen molar-refractivity contribution in [2.24, 2.45) is 5.73 Å². The third kappa shape index (κ3) is 3.73. The number of nitrogens with two attached hydrogens (primary N) is 1. The van der Waals surface area contributed by atoms with Crippen LogP contribution in [0.15, 0.2) is 0 Å². The number of hydrogen-bond donors (Lipinski definition) is 2. The topological polar surface area (TPSA) is 73.6 Å². The van der Waals surface area contributed by atoms with Gasteiger partial charge in [0.2, 0.25) is 5.91 Å². The van der Waals surface area contributed by atoms with Crippen LogP contribution in [0.1, 0.15) is 25.7 Å². The highest BCUT2D eigenvalue weighted by Crippen LogP contribution is 2.19. The highest BCUT2D eigenvalue weighted by atomic mass is 16.5. The molecule has 5 nitrogen and oxygen atoms in total. The van der Waals surface area contributed by atoms with Gasteiger partial charge in [-0.15, -0.1) is 0 Å². The summed E-state index contributed by atoms with van der Waals surface area (Å²) >= 11 is 0. The van der Waals surface area contributed by atoms with Gasteiger partial charge >= 0.3 is 0 Å². The smallest absolute Gasteiger partial charge is 0.236 e. The molecule has 1 aliphatic carbocycles. The zero-order valence-corrected chi connectivity index (χ0v) is 9.48. The highest BCUT2D eigenvalue weighted by molar-refractivity contribution is 5.80. The summed E-state index contributed by atoms with van der Waals surface area (Å²) in [4.78, 5) is 11.1. The molecule has 1 saturated heterocycles. The van der Waals surface area contributed by atoms with Crippen LogP contribution in [-0.2, 0) is 14.3 Å². The van der Waals surface area contributed by atoms with E-state index in [4.69, 9.17) is 15.2 Å². The summed E-state index contributed by atoms with van der Waals surface area (Å²) in [6, 6.07) is 0.109. The molecule has 0 spiro atoms. The predicted molar refractivity (Wildman–Crippen MR) is 58.9 cm³/mol. The van der Waals surface area contributed by atoms with E-state index in [0.29, 0.717) is 19.3 Å². The molecule has 0 aromatic heterocycles. The zero-order valence-electron chi connectivity index (χ0n) is 9.48. The quantitative estimate of drug-likeness (QED) is 0.632. The number of nitrogens with one attached hydrogen (secondary N) is 1. The van der Waals surface area contributed by atoms with Gasteiger partial charge < -0.3 is 20.5 Å². The molecule has 92 valence electrons. The molecule has 0 aromatic rings. The minimum Gasteiger partial charge on any atom is -0.377 e. The van der Waals surface area contributed by atoms with E-state index in [1.165, 1.54) is 0 Å². The van der Waals surface area contributed by atoms with Crippen molar-refractivity contribution >= 4 is 5.91 Å². The normalized spacial score (nSPS) is 26.9. The van der Waals surface area contributed by atoms with Gasteiger partial charge in [0, 0.05) is 12.6 Å². The van der Waals surface area contributed by atoms with Crippen molar-refractivity contribution in [3.8, 4) is 0 Å². The van der Waals surface area contributed by atoms with Crippen molar-refractivity contribution in [2.75, 3.05) is 19.8 Å². The van der Waals surface area contributed by atoms with Crippen molar-refractivity contribution in [1.29, 1.82) is 0 Å². The standard InChI is InChI=1S/C11H20N2O3/c12-11(14)10(13-8-3-4-8)7-15-6-9-2-1-5-16-9/h8-10,13H,1-7H2,(H2,12,14). The van der Waals surface area contributed by atoms with Crippen molar-refractivity contribution < 1.29 is 14.3 Å². The van der Waals surface area contributed by atoms with Crippen LogP contribution in [0.25, 0.3) is 0 Å². The Kier molecular flexibility index (Phi) is 4.15. The van der Waals surface area contributed by atoms with Crippen LogP contribution in [0, 0.1) is 0 Å². The minimum absolute atomic E-state index is 0.203. The molecule has 1 saturated carbocycles. The monoisotopic (exact) mass is 228 g/mol. The fourth-order valence-corrected chi connectivity index (χ4v) is 1.84. The van der Waals surface area contributed by atoms with Crippen LogP contribution in [-0.4, -0.2) is 43.9 Å². The summed E-state index contributed by atoms with van der Waals surface area (Å²) in [6.45, 7) is 1.75. The summed E-state index contributed by atoms with van der Waals surface area (Å²) in [5.74, 6) is -0.334. The lowest BCUT2D eigenvalue weighted by molar-refractivity contribution is -0.122. The third-order valence-electron chi connectivity index (χ3n) is 2.97. The second kappa shape index (κ2) is 5.61. The maximum Gasteiger partial charge on any atom is 0.236 e. The molecule has 2 fully saturated rings. The zero-order chi connectivity index (χ0) is 11.4. The molecular weight excluding hydrogens is 208 g/mol. The van der Waals surface area contributed by atoms with Crippen LogP contribution in [0.4, 0.5) is 0 Å². The van der Waals surface area contributed by atoms with Crippen molar-refractivity contribution in [1.82, 2.24) is 5.32 Å². The first kappa shape index (κ1) is 11.8. The molecule has 1 heterocycles. The Labute approximate surface area is 95.7 Å². The van der Waals surface area contributed by atoms with E-state index < -0.39 is 0 Å². The maximum absolute atomic E-state index is 11.1. The fourth-order valence-electron chi connectivity index (χ4n) is 1.84. The molecule has 0 aromatic carbocycles. The third-order valence-corrected chi connectivity index (χ3v) is 2.97. The Hall–Kier alpha value is -0.650. The van der Waals surface area contributed by atoms with Gasteiger partial charge in [-0.25, -0.2) is 0 Å². The van der Waals surface area contributed by atoms with Crippen molar-refractivity contribution in [3.63, 3.8) is 0 Å². The molecule has 1 amide bonds. The van der Waals surface area contributed by atoms with E-state index in [9.17, 15) is 4.79 Å². The summed E-state index contributed by atoms with van der Waals surface area (Å²) in [5.41, 5.74) is 5.29. The largest absolute Gasteiger partial charge is 0.377 e. The minimum atomic E-state index is -0.353. The number of primary amides is 1. The van der Waals surface area contributed by atoms with E-state index in [0.717, 1.165) is 32.3 Å². The predicted octanol–water partition coefficient (Wildman–Crippen LogP) is -0.212. The number of amides is 1. The Morgan fingerprint density at radius 1 is 1.50 bits per heavy atom. The summed E-state index contributed by atoms with van der Waals surface area (Å²) in [7, 11) is 0. The van der Waals surface area contributed by atoms with E-state index in [2.05, 4.69) is 5.32 Å². The van der Waals surface area contributed by atoms with Gasteiger partial charge in [-0.2, -0.15) is 0 Å². The van der Waals surface area contributed by atoms with E-state index in [1.54, 1.807) is 0 Å². The van der Waals surface area contributed by atoms with Crippen molar-refractivity contribution in [2.45, 2.75) is 43.9 Å². The van der Waals surface area contributed by atoms with Crippen LogP contribution in [0.3, 0.4) is 0 Å². The lowest BCUT2D eigenvalue weighted by Gasteiger charge is -2.16. The number of rotatable bonds is 7. The molecule has 16 heavy (non-hydrogen) atoms. The van der Waals surface area contributed by atoms with Gasteiger partial charge in [-0.1, -0.05) is 0 Å². The van der Waals surface area contributed by atoms with E-state index >= 15 is 0 Å².